The van der Waals surface area contributed by atoms with E-state index in [0.29, 0.717) is 17.6 Å². The minimum Gasteiger partial charge on any atom is -0.367 e. The van der Waals surface area contributed by atoms with Gasteiger partial charge in [-0.15, -0.1) is 0 Å². The fourth-order valence-corrected chi connectivity index (χ4v) is 1.72. The third-order valence-corrected chi connectivity index (χ3v) is 2.80. The molecule has 0 aliphatic carbocycles. The van der Waals surface area contributed by atoms with Gasteiger partial charge in [0, 0.05) is 5.39 Å². The van der Waals surface area contributed by atoms with Crippen LogP contribution in [0, 0.1) is 0 Å². The number of H-pyrrole nitrogens is 1. The minimum atomic E-state index is -1.29. The van der Waals surface area contributed by atoms with Crippen molar-refractivity contribution in [3.05, 3.63) is 30.0 Å². The second-order valence-electron chi connectivity index (χ2n) is 3.87. The number of nitrogens with two attached hydrogens (primary N) is 1. The topological polar surface area (TPSA) is 101 Å². The van der Waals surface area contributed by atoms with Gasteiger partial charge >= 0.3 is 0 Å². The van der Waals surface area contributed by atoms with E-state index in [4.69, 9.17) is 5.73 Å². The minimum absolute atomic E-state index is 0.445. The Kier molecular flexibility index (Phi) is 2.55. The fraction of sp³-hybridized carbons (Fsp3) is 0.182. The van der Waals surface area contributed by atoms with Gasteiger partial charge < -0.3 is 11.1 Å². The lowest BCUT2D eigenvalue weighted by Gasteiger charge is -2.23. The van der Waals surface area contributed by atoms with Crippen molar-refractivity contribution in [3.63, 3.8) is 0 Å². The van der Waals surface area contributed by atoms with Crippen LogP contribution in [0.5, 0.6) is 0 Å². The third kappa shape index (κ3) is 1.63. The number of nitrogens with one attached hydrogen (secondary N) is 2. The summed E-state index contributed by atoms with van der Waals surface area (Å²) < 4.78 is 0. The third-order valence-electron chi connectivity index (χ3n) is 2.80. The highest BCUT2D eigenvalue weighted by molar-refractivity contribution is 5.93. The maximum absolute atomic E-state index is 11.5. The van der Waals surface area contributed by atoms with Crippen LogP contribution in [0.15, 0.2) is 24.3 Å². The molecule has 17 heavy (non-hydrogen) atoms. The number of primary amides is 1. The first-order chi connectivity index (χ1) is 8.09. The standard InChI is InChI=1S/C11H12N4O2/c1-11(10(12)17,13-6-16)9-7-4-2-3-5-8(7)14-15-9/h2-6H,1H3,(H2,12,17)(H,13,16)(H,14,15). The number of carbonyl (C=O) groups excluding carboxylic acids is 2. The Balaban J connectivity index is 2.64. The largest absolute Gasteiger partial charge is 0.367 e. The van der Waals surface area contributed by atoms with Gasteiger partial charge in [-0.05, 0) is 13.0 Å². The number of aromatic amines is 1. The number of fused-ring (bicyclic) bond motifs is 1. The molecule has 6 nitrogen and oxygen atoms in total. The molecular weight excluding hydrogens is 220 g/mol. The van der Waals surface area contributed by atoms with Crippen molar-refractivity contribution in [1.82, 2.24) is 15.5 Å². The molecule has 1 heterocycles. The smallest absolute Gasteiger partial charge is 0.249 e. The predicted molar refractivity (Wildman–Crippen MR) is 61.8 cm³/mol. The molecule has 6 heteroatoms. The molecule has 2 amide bonds. The number of aromatic nitrogens is 2. The number of amides is 2. The lowest BCUT2D eigenvalue weighted by Crippen LogP contribution is -2.50. The summed E-state index contributed by atoms with van der Waals surface area (Å²) in [6.07, 6.45) is 0.445. The van der Waals surface area contributed by atoms with Crippen molar-refractivity contribution >= 4 is 23.2 Å². The van der Waals surface area contributed by atoms with E-state index in [9.17, 15) is 9.59 Å². The van der Waals surface area contributed by atoms with Gasteiger partial charge in [0.2, 0.25) is 12.3 Å². The van der Waals surface area contributed by atoms with Crippen LogP contribution in [0.2, 0.25) is 0 Å². The van der Waals surface area contributed by atoms with Crippen LogP contribution >= 0.6 is 0 Å². The summed E-state index contributed by atoms with van der Waals surface area (Å²) in [5, 5.41) is 9.99. The van der Waals surface area contributed by atoms with Gasteiger partial charge in [0.05, 0.1) is 11.2 Å². The number of benzene rings is 1. The van der Waals surface area contributed by atoms with Crippen LogP contribution in [0.3, 0.4) is 0 Å². The maximum atomic E-state index is 11.5. The number of rotatable bonds is 4. The van der Waals surface area contributed by atoms with E-state index in [2.05, 4.69) is 15.5 Å². The summed E-state index contributed by atoms with van der Waals surface area (Å²) >= 11 is 0. The molecule has 1 atom stereocenters. The van der Waals surface area contributed by atoms with Crippen molar-refractivity contribution in [2.24, 2.45) is 5.73 Å². The summed E-state index contributed by atoms with van der Waals surface area (Å²) in [5.74, 6) is -0.654. The molecule has 2 rings (SSSR count). The Morgan fingerprint density at radius 2 is 2.24 bits per heavy atom. The van der Waals surface area contributed by atoms with E-state index in [0.717, 1.165) is 5.39 Å². The van der Waals surface area contributed by atoms with Gasteiger partial charge in [-0.2, -0.15) is 5.10 Å². The van der Waals surface area contributed by atoms with Crippen molar-refractivity contribution < 1.29 is 9.59 Å². The normalized spacial score (nSPS) is 14.2. The zero-order valence-corrected chi connectivity index (χ0v) is 9.23. The molecule has 0 saturated heterocycles. The van der Waals surface area contributed by atoms with Gasteiger partial charge in [0.15, 0.2) is 5.54 Å². The zero-order valence-electron chi connectivity index (χ0n) is 9.23. The van der Waals surface area contributed by atoms with Crippen LogP contribution in [0.4, 0.5) is 0 Å². The Hall–Kier alpha value is -2.37. The number of carbonyl (C=O) groups is 2. The first-order valence-corrected chi connectivity index (χ1v) is 5.04. The molecule has 0 aliphatic rings. The maximum Gasteiger partial charge on any atom is 0.249 e. The predicted octanol–water partition coefficient (Wildman–Crippen LogP) is 0.00940. The molecular formula is C11H12N4O2. The highest BCUT2D eigenvalue weighted by atomic mass is 16.2. The molecule has 0 bridgehead atoms. The molecule has 0 spiro atoms. The van der Waals surface area contributed by atoms with E-state index in [1.165, 1.54) is 6.92 Å². The lowest BCUT2D eigenvalue weighted by molar-refractivity contribution is -0.127. The van der Waals surface area contributed by atoms with Gasteiger partial charge in [-0.1, -0.05) is 18.2 Å². The van der Waals surface area contributed by atoms with Crippen molar-refractivity contribution in [2.45, 2.75) is 12.5 Å². The molecule has 4 N–H and O–H groups in total. The summed E-state index contributed by atoms with van der Waals surface area (Å²) in [7, 11) is 0. The lowest BCUT2D eigenvalue weighted by atomic mass is 9.94. The Morgan fingerprint density at radius 1 is 1.53 bits per heavy atom. The molecule has 1 aromatic heterocycles. The van der Waals surface area contributed by atoms with E-state index in [1.54, 1.807) is 6.07 Å². The van der Waals surface area contributed by atoms with E-state index >= 15 is 0 Å². The molecule has 0 saturated carbocycles. The molecule has 0 aliphatic heterocycles. The van der Waals surface area contributed by atoms with Gasteiger partial charge in [0.1, 0.15) is 0 Å². The monoisotopic (exact) mass is 232 g/mol. The molecule has 0 fully saturated rings. The average Bonchev–Trinajstić information content (AvgIpc) is 2.73. The highest BCUT2D eigenvalue weighted by Crippen LogP contribution is 2.25. The number of para-hydroxylation sites is 1. The summed E-state index contributed by atoms with van der Waals surface area (Å²) in [4.78, 5) is 22.1. The molecule has 1 aromatic carbocycles. The Bertz CT molecular complexity index is 578. The second kappa shape index (κ2) is 3.89. The van der Waals surface area contributed by atoms with Crippen LogP contribution in [0.25, 0.3) is 10.9 Å². The molecule has 2 aromatic rings. The van der Waals surface area contributed by atoms with Crippen molar-refractivity contribution in [1.29, 1.82) is 0 Å². The van der Waals surface area contributed by atoms with Crippen LogP contribution in [-0.2, 0) is 15.1 Å². The average molecular weight is 232 g/mol. The van der Waals surface area contributed by atoms with Crippen LogP contribution < -0.4 is 11.1 Å². The van der Waals surface area contributed by atoms with E-state index < -0.39 is 11.4 Å². The first kappa shape index (κ1) is 11.1. The quantitative estimate of drug-likeness (QED) is 0.647. The second-order valence-corrected chi connectivity index (χ2v) is 3.87. The van der Waals surface area contributed by atoms with Gasteiger partial charge in [-0.25, -0.2) is 0 Å². The van der Waals surface area contributed by atoms with Crippen molar-refractivity contribution in [3.8, 4) is 0 Å². The highest BCUT2D eigenvalue weighted by Gasteiger charge is 2.36. The van der Waals surface area contributed by atoms with Crippen LogP contribution in [-0.4, -0.2) is 22.5 Å². The molecule has 1 unspecified atom stereocenters. The van der Waals surface area contributed by atoms with E-state index in [1.807, 2.05) is 18.2 Å². The number of hydrogen-bond acceptors (Lipinski definition) is 3. The Morgan fingerprint density at radius 3 is 2.88 bits per heavy atom. The summed E-state index contributed by atoms with van der Waals surface area (Å²) in [6, 6.07) is 7.27. The van der Waals surface area contributed by atoms with Gasteiger partial charge in [0.25, 0.3) is 0 Å². The number of hydrogen-bond donors (Lipinski definition) is 3. The molecule has 0 radical (unpaired) electrons. The van der Waals surface area contributed by atoms with Gasteiger partial charge in [-0.3, -0.25) is 14.7 Å². The SMILES string of the molecule is CC(NC=O)(C(N)=O)c1[nH]nc2ccccc12. The van der Waals surface area contributed by atoms with E-state index in [-0.39, 0.29) is 0 Å². The fourth-order valence-electron chi connectivity index (χ4n) is 1.72. The van der Waals surface area contributed by atoms with Crippen LogP contribution in [0.1, 0.15) is 12.6 Å². The molecule has 88 valence electrons. The summed E-state index contributed by atoms with van der Waals surface area (Å²) in [6.45, 7) is 1.53. The Labute approximate surface area is 97.2 Å². The first-order valence-electron chi connectivity index (χ1n) is 5.04. The zero-order chi connectivity index (χ0) is 12.5. The summed E-state index contributed by atoms with van der Waals surface area (Å²) in [5.41, 5.74) is 5.23. The van der Waals surface area contributed by atoms with Crippen molar-refractivity contribution in [2.75, 3.05) is 0 Å². The number of nitrogens with zero attached hydrogens (tertiary/aromatic N) is 1.